The molecule has 0 radical (unpaired) electrons. The predicted octanol–water partition coefficient (Wildman–Crippen LogP) is 0.936. The highest BCUT2D eigenvalue weighted by atomic mass is 32.2. The number of amides is 1. The second-order valence-corrected chi connectivity index (χ2v) is 6.92. The number of benzene rings is 1. The lowest BCUT2D eigenvalue weighted by molar-refractivity contribution is -0.119. The van der Waals surface area contributed by atoms with E-state index in [1.54, 1.807) is 0 Å². The third-order valence-electron chi connectivity index (χ3n) is 3.23. The van der Waals surface area contributed by atoms with Crippen LogP contribution in [0.5, 0.6) is 0 Å². The van der Waals surface area contributed by atoms with Crippen molar-refractivity contribution in [3.63, 3.8) is 0 Å². The van der Waals surface area contributed by atoms with E-state index in [1.807, 2.05) is 24.3 Å². The number of rotatable bonds is 2. The first-order valence-electron chi connectivity index (χ1n) is 5.99. The number of aromatic nitrogens is 2. The Hall–Kier alpha value is -1.89. The summed E-state index contributed by atoms with van der Waals surface area (Å²) in [5, 5.41) is 2.64. The first kappa shape index (κ1) is 12.2. The van der Waals surface area contributed by atoms with Gasteiger partial charge >= 0.3 is 0 Å². The third-order valence-corrected chi connectivity index (χ3v) is 5.00. The minimum atomic E-state index is -3.05. The molecule has 6 nitrogen and oxygen atoms in total. The van der Waals surface area contributed by atoms with Crippen LogP contribution in [0.4, 0.5) is 5.95 Å². The largest absolute Gasteiger partial charge is 0.324 e. The molecule has 1 aliphatic heterocycles. The zero-order valence-electron chi connectivity index (χ0n) is 10.1. The number of hydrogen-bond donors (Lipinski definition) is 2. The molecule has 1 fully saturated rings. The minimum Gasteiger partial charge on any atom is -0.324 e. The number of anilines is 1. The molecule has 0 bridgehead atoms. The van der Waals surface area contributed by atoms with Crippen LogP contribution in [0.2, 0.25) is 0 Å². The van der Waals surface area contributed by atoms with Crippen LogP contribution in [0.15, 0.2) is 24.3 Å². The van der Waals surface area contributed by atoms with Crippen molar-refractivity contribution >= 4 is 32.7 Å². The van der Waals surface area contributed by atoms with Gasteiger partial charge in [0.05, 0.1) is 28.5 Å². The SMILES string of the molecule is O=C(Nc1nc2ccccc2[nH]1)[C@H]1CCS(=O)(=O)C1. The molecule has 0 saturated carbocycles. The highest BCUT2D eigenvalue weighted by Crippen LogP contribution is 2.20. The molecule has 0 unspecified atom stereocenters. The number of hydrogen-bond acceptors (Lipinski definition) is 4. The Balaban J connectivity index is 1.76. The molecule has 0 aliphatic carbocycles. The Morgan fingerprint density at radius 2 is 2.16 bits per heavy atom. The van der Waals surface area contributed by atoms with Gasteiger partial charge in [-0.05, 0) is 18.6 Å². The van der Waals surface area contributed by atoms with Gasteiger partial charge in [0.2, 0.25) is 11.9 Å². The van der Waals surface area contributed by atoms with Crippen LogP contribution in [-0.2, 0) is 14.6 Å². The number of fused-ring (bicyclic) bond motifs is 1. The topological polar surface area (TPSA) is 91.9 Å². The van der Waals surface area contributed by atoms with E-state index < -0.39 is 15.8 Å². The lowest BCUT2D eigenvalue weighted by Crippen LogP contribution is -2.24. The summed E-state index contributed by atoms with van der Waals surface area (Å²) in [7, 11) is -3.05. The van der Waals surface area contributed by atoms with Gasteiger partial charge in [0.15, 0.2) is 9.84 Å². The highest BCUT2D eigenvalue weighted by molar-refractivity contribution is 7.91. The number of aromatic amines is 1. The van der Waals surface area contributed by atoms with Crippen molar-refractivity contribution in [3.05, 3.63) is 24.3 Å². The number of nitrogens with zero attached hydrogens (tertiary/aromatic N) is 1. The van der Waals surface area contributed by atoms with Crippen LogP contribution >= 0.6 is 0 Å². The number of imidazole rings is 1. The summed E-state index contributed by atoms with van der Waals surface area (Å²) in [6.45, 7) is 0. The van der Waals surface area contributed by atoms with Crippen LogP contribution in [0.1, 0.15) is 6.42 Å². The molecule has 1 aromatic carbocycles. The van der Waals surface area contributed by atoms with Crippen molar-refractivity contribution in [1.82, 2.24) is 9.97 Å². The first-order chi connectivity index (χ1) is 9.03. The molecule has 1 aromatic heterocycles. The zero-order chi connectivity index (χ0) is 13.5. The summed E-state index contributed by atoms with van der Waals surface area (Å²) >= 11 is 0. The molecule has 3 rings (SSSR count). The lowest BCUT2D eigenvalue weighted by Gasteiger charge is -2.06. The van der Waals surface area contributed by atoms with Gasteiger partial charge in [-0.1, -0.05) is 12.1 Å². The Morgan fingerprint density at radius 3 is 2.84 bits per heavy atom. The lowest BCUT2D eigenvalue weighted by atomic mass is 10.1. The molecule has 1 saturated heterocycles. The highest BCUT2D eigenvalue weighted by Gasteiger charge is 2.33. The van der Waals surface area contributed by atoms with Gasteiger partial charge in [-0.3, -0.25) is 10.1 Å². The van der Waals surface area contributed by atoms with E-state index in [-0.39, 0.29) is 17.4 Å². The van der Waals surface area contributed by atoms with Gasteiger partial charge < -0.3 is 4.98 Å². The molecule has 1 aliphatic rings. The fraction of sp³-hybridized carbons (Fsp3) is 0.333. The van der Waals surface area contributed by atoms with E-state index >= 15 is 0 Å². The van der Waals surface area contributed by atoms with Gasteiger partial charge in [0, 0.05) is 0 Å². The van der Waals surface area contributed by atoms with Crippen molar-refractivity contribution in [1.29, 1.82) is 0 Å². The minimum absolute atomic E-state index is 0.0704. The van der Waals surface area contributed by atoms with Crippen molar-refractivity contribution in [2.75, 3.05) is 16.8 Å². The van der Waals surface area contributed by atoms with Crippen LogP contribution in [0.3, 0.4) is 0 Å². The smallest absolute Gasteiger partial charge is 0.230 e. The normalized spacial score (nSPS) is 21.6. The van der Waals surface area contributed by atoms with E-state index in [1.165, 1.54) is 0 Å². The summed E-state index contributed by atoms with van der Waals surface area (Å²) in [4.78, 5) is 19.1. The van der Waals surface area contributed by atoms with E-state index in [0.717, 1.165) is 11.0 Å². The fourth-order valence-corrected chi connectivity index (χ4v) is 3.97. The first-order valence-corrected chi connectivity index (χ1v) is 7.82. The molecule has 2 N–H and O–H groups in total. The van der Waals surface area contributed by atoms with Gasteiger partial charge in [-0.25, -0.2) is 13.4 Å². The van der Waals surface area contributed by atoms with E-state index in [2.05, 4.69) is 15.3 Å². The fourth-order valence-electron chi connectivity index (χ4n) is 2.23. The van der Waals surface area contributed by atoms with Crippen molar-refractivity contribution in [2.45, 2.75) is 6.42 Å². The zero-order valence-corrected chi connectivity index (χ0v) is 10.9. The third kappa shape index (κ3) is 2.46. The van der Waals surface area contributed by atoms with Gasteiger partial charge in [-0.2, -0.15) is 0 Å². The molecular weight excluding hydrogens is 266 g/mol. The van der Waals surface area contributed by atoms with E-state index in [4.69, 9.17) is 0 Å². The number of carbonyl (C=O) groups excluding carboxylic acids is 1. The molecular formula is C12H13N3O3S. The van der Waals surface area contributed by atoms with Crippen LogP contribution in [0.25, 0.3) is 11.0 Å². The molecule has 0 spiro atoms. The Kier molecular flexibility index (Phi) is 2.78. The molecule has 2 heterocycles. The number of para-hydroxylation sites is 2. The van der Waals surface area contributed by atoms with Crippen LogP contribution in [-0.4, -0.2) is 35.8 Å². The number of sulfone groups is 1. The number of nitrogens with one attached hydrogen (secondary N) is 2. The molecule has 1 atom stereocenters. The summed E-state index contributed by atoms with van der Waals surface area (Å²) in [6, 6.07) is 7.42. The molecule has 100 valence electrons. The molecule has 1 amide bonds. The molecule has 7 heteroatoms. The average molecular weight is 279 g/mol. The van der Waals surface area contributed by atoms with Crippen molar-refractivity contribution in [2.24, 2.45) is 5.92 Å². The maximum Gasteiger partial charge on any atom is 0.230 e. The number of H-pyrrole nitrogens is 1. The Bertz CT molecular complexity index is 703. The monoisotopic (exact) mass is 279 g/mol. The van der Waals surface area contributed by atoms with Gasteiger partial charge in [0.1, 0.15) is 0 Å². The van der Waals surface area contributed by atoms with Crippen LogP contribution < -0.4 is 5.32 Å². The average Bonchev–Trinajstić information content (AvgIpc) is 2.91. The quantitative estimate of drug-likeness (QED) is 0.855. The summed E-state index contributed by atoms with van der Waals surface area (Å²) in [5.41, 5.74) is 1.59. The van der Waals surface area contributed by atoms with Crippen LogP contribution in [0, 0.1) is 5.92 Å². The summed E-state index contributed by atoms with van der Waals surface area (Å²) in [5.74, 6) is -0.390. The van der Waals surface area contributed by atoms with E-state index in [0.29, 0.717) is 12.4 Å². The molecule has 19 heavy (non-hydrogen) atoms. The maximum atomic E-state index is 11.9. The Labute approximate surface area is 110 Å². The van der Waals surface area contributed by atoms with Gasteiger partial charge in [0.25, 0.3) is 0 Å². The summed E-state index contributed by atoms with van der Waals surface area (Å²) in [6.07, 6.45) is 0.383. The van der Waals surface area contributed by atoms with Gasteiger partial charge in [-0.15, -0.1) is 0 Å². The van der Waals surface area contributed by atoms with Crippen molar-refractivity contribution in [3.8, 4) is 0 Å². The number of carbonyl (C=O) groups is 1. The second kappa shape index (κ2) is 4.34. The van der Waals surface area contributed by atoms with Crippen molar-refractivity contribution < 1.29 is 13.2 Å². The standard InChI is InChI=1S/C12H13N3O3S/c16-11(8-5-6-19(17,18)7-8)15-12-13-9-3-1-2-4-10(9)14-12/h1-4,8H,5-7H2,(H2,13,14,15,16)/t8-/m0/s1. The van der Waals surface area contributed by atoms with E-state index in [9.17, 15) is 13.2 Å². The summed E-state index contributed by atoms with van der Waals surface area (Å²) < 4.78 is 22.7. The second-order valence-electron chi connectivity index (χ2n) is 4.69. The maximum absolute atomic E-state index is 11.9. The predicted molar refractivity (Wildman–Crippen MR) is 71.5 cm³/mol. The molecule has 2 aromatic rings. The Morgan fingerprint density at radius 1 is 1.37 bits per heavy atom.